The first-order valence-electron chi connectivity index (χ1n) is 5.26. The van der Waals surface area contributed by atoms with E-state index in [1.54, 1.807) is 6.20 Å². The maximum atomic E-state index is 6.01. The topological polar surface area (TPSA) is 64.7 Å². The lowest BCUT2D eigenvalue weighted by atomic mass is 10.1. The molecule has 16 heavy (non-hydrogen) atoms. The van der Waals surface area contributed by atoms with E-state index in [0.717, 1.165) is 17.8 Å². The van der Waals surface area contributed by atoms with E-state index in [2.05, 4.69) is 26.7 Å². The molecule has 2 heterocycles. The summed E-state index contributed by atoms with van der Waals surface area (Å²) in [6.45, 7) is 2.11. The Hall–Kier alpha value is -1.33. The fourth-order valence-electron chi connectivity index (χ4n) is 1.45. The second kappa shape index (κ2) is 5.14. The van der Waals surface area contributed by atoms with Gasteiger partial charge in [0.25, 0.3) is 0 Å². The monoisotopic (exact) mass is 234 g/mol. The van der Waals surface area contributed by atoms with Gasteiger partial charge in [0.05, 0.1) is 29.7 Å². The normalized spacial score (nSPS) is 12.6. The van der Waals surface area contributed by atoms with Gasteiger partial charge in [-0.1, -0.05) is 13.0 Å². The summed E-state index contributed by atoms with van der Waals surface area (Å²) >= 11 is 1.18. The van der Waals surface area contributed by atoms with Gasteiger partial charge in [-0.05, 0) is 18.1 Å². The summed E-state index contributed by atoms with van der Waals surface area (Å²) < 4.78 is 8.07. The van der Waals surface area contributed by atoms with Gasteiger partial charge in [0.2, 0.25) is 0 Å². The minimum atomic E-state index is -0.112. The third-order valence-corrected chi connectivity index (χ3v) is 2.97. The van der Waals surface area contributed by atoms with Gasteiger partial charge < -0.3 is 5.73 Å². The maximum Gasteiger partial charge on any atom is 0.0914 e. The number of pyridine rings is 1. The molecule has 0 saturated carbocycles. The van der Waals surface area contributed by atoms with Gasteiger partial charge in [-0.2, -0.15) is 8.75 Å². The van der Waals surface area contributed by atoms with Crippen molar-refractivity contribution in [3.05, 3.63) is 41.5 Å². The molecule has 5 heteroatoms. The van der Waals surface area contributed by atoms with Crippen molar-refractivity contribution in [2.24, 2.45) is 5.73 Å². The number of hydrogen-bond acceptors (Lipinski definition) is 5. The van der Waals surface area contributed by atoms with Crippen molar-refractivity contribution >= 4 is 11.7 Å². The Morgan fingerprint density at radius 2 is 2.25 bits per heavy atom. The third kappa shape index (κ3) is 2.62. The van der Waals surface area contributed by atoms with Gasteiger partial charge in [-0.15, -0.1) is 0 Å². The molecule has 2 rings (SSSR count). The van der Waals surface area contributed by atoms with Gasteiger partial charge in [-0.3, -0.25) is 4.98 Å². The Labute approximate surface area is 98.9 Å². The van der Waals surface area contributed by atoms with Crippen molar-refractivity contribution in [3.8, 4) is 0 Å². The lowest BCUT2D eigenvalue weighted by Crippen LogP contribution is -2.14. The Bertz CT molecular complexity index is 424. The third-order valence-electron chi connectivity index (χ3n) is 2.48. The predicted octanol–water partition coefficient (Wildman–Crippen LogP) is 1.74. The molecule has 0 bridgehead atoms. The van der Waals surface area contributed by atoms with Crippen LogP contribution in [-0.2, 0) is 12.8 Å². The van der Waals surface area contributed by atoms with Crippen molar-refractivity contribution in [1.29, 1.82) is 0 Å². The van der Waals surface area contributed by atoms with Gasteiger partial charge in [0.1, 0.15) is 0 Å². The van der Waals surface area contributed by atoms with E-state index in [1.807, 2.05) is 12.3 Å². The molecule has 1 atom stereocenters. The lowest BCUT2D eigenvalue weighted by molar-refractivity contribution is 0.690. The maximum absolute atomic E-state index is 6.01. The Morgan fingerprint density at radius 1 is 1.38 bits per heavy atom. The van der Waals surface area contributed by atoms with Crippen LogP contribution in [0, 0.1) is 0 Å². The highest BCUT2D eigenvalue weighted by Crippen LogP contribution is 2.13. The number of nitrogens with zero attached hydrogens (tertiary/aromatic N) is 3. The fourth-order valence-corrected chi connectivity index (χ4v) is 1.93. The molecular weight excluding hydrogens is 220 g/mol. The molecular formula is C11H14N4S. The zero-order valence-electron chi connectivity index (χ0n) is 9.13. The van der Waals surface area contributed by atoms with Crippen LogP contribution >= 0.6 is 11.7 Å². The Balaban J connectivity index is 2.03. The highest BCUT2D eigenvalue weighted by Gasteiger charge is 2.10. The van der Waals surface area contributed by atoms with E-state index in [1.165, 1.54) is 17.3 Å². The van der Waals surface area contributed by atoms with Crippen LogP contribution in [0.5, 0.6) is 0 Å². The van der Waals surface area contributed by atoms with Crippen LogP contribution in [0.4, 0.5) is 0 Å². The smallest absolute Gasteiger partial charge is 0.0914 e. The summed E-state index contributed by atoms with van der Waals surface area (Å²) in [5, 5.41) is 0. The van der Waals surface area contributed by atoms with Crippen LogP contribution in [0.3, 0.4) is 0 Å². The number of aryl methyl sites for hydroxylation is 1. The largest absolute Gasteiger partial charge is 0.322 e. The summed E-state index contributed by atoms with van der Waals surface area (Å²) in [5.41, 5.74) is 9.09. The summed E-state index contributed by atoms with van der Waals surface area (Å²) in [4.78, 5) is 4.37. The Morgan fingerprint density at radius 3 is 2.81 bits per heavy atom. The van der Waals surface area contributed by atoms with Crippen LogP contribution in [0.25, 0.3) is 0 Å². The average molecular weight is 234 g/mol. The van der Waals surface area contributed by atoms with Gasteiger partial charge in [0.15, 0.2) is 0 Å². The number of aromatic nitrogens is 3. The van der Waals surface area contributed by atoms with E-state index in [-0.39, 0.29) is 6.04 Å². The number of hydrogen-bond donors (Lipinski definition) is 1. The average Bonchev–Trinajstić information content (AvgIpc) is 2.83. The molecule has 0 fully saturated rings. The van der Waals surface area contributed by atoms with Crippen LogP contribution in [-0.4, -0.2) is 13.7 Å². The lowest BCUT2D eigenvalue weighted by Gasteiger charge is -2.07. The molecule has 2 aromatic heterocycles. The van der Waals surface area contributed by atoms with Crippen molar-refractivity contribution in [3.63, 3.8) is 0 Å². The first-order chi connectivity index (χ1) is 7.79. The Kier molecular flexibility index (Phi) is 3.58. The molecule has 0 spiro atoms. The molecule has 2 N–H and O–H groups in total. The van der Waals surface area contributed by atoms with Crippen LogP contribution in [0.2, 0.25) is 0 Å². The molecule has 0 aromatic carbocycles. The molecule has 0 amide bonds. The highest BCUT2D eigenvalue weighted by molar-refractivity contribution is 6.99. The van der Waals surface area contributed by atoms with Crippen LogP contribution < -0.4 is 5.73 Å². The minimum absolute atomic E-state index is 0.112. The van der Waals surface area contributed by atoms with Gasteiger partial charge in [-0.25, -0.2) is 0 Å². The second-order valence-corrected chi connectivity index (χ2v) is 4.21. The molecule has 4 nitrogen and oxygen atoms in total. The SMILES string of the molecule is CCc1ccc(CC(N)c2cnsn2)nc1. The molecule has 84 valence electrons. The molecule has 0 saturated heterocycles. The summed E-state index contributed by atoms with van der Waals surface area (Å²) in [6, 6.07) is 4.01. The summed E-state index contributed by atoms with van der Waals surface area (Å²) in [7, 11) is 0. The summed E-state index contributed by atoms with van der Waals surface area (Å²) in [6.07, 6.45) is 5.34. The predicted molar refractivity (Wildman–Crippen MR) is 64.2 cm³/mol. The van der Waals surface area contributed by atoms with E-state index >= 15 is 0 Å². The molecule has 0 aliphatic rings. The van der Waals surface area contributed by atoms with Crippen molar-refractivity contribution in [2.45, 2.75) is 25.8 Å². The van der Waals surface area contributed by atoms with Crippen molar-refractivity contribution in [2.75, 3.05) is 0 Å². The van der Waals surface area contributed by atoms with E-state index in [0.29, 0.717) is 6.42 Å². The standard InChI is InChI=1S/C11H14N4S/c1-2-8-3-4-9(13-6-8)5-10(12)11-7-14-16-15-11/h3-4,6-7,10H,2,5,12H2,1H3. The molecule has 0 aliphatic carbocycles. The fraction of sp³-hybridized carbons (Fsp3) is 0.364. The zero-order valence-corrected chi connectivity index (χ0v) is 9.94. The number of nitrogens with two attached hydrogens (primary N) is 1. The zero-order chi connectivity index (χ0) is 11.4. The highest BCUT2D eigenvalue weighted by atomic mass is 32.1. The van der Waals surface area contributed by atoms with E-state index in [9.17, 15) is 0 Å². The molecule has 0 radical (unpaired) electrons. The molecule has 1 unspecified atom stereocenters. The first-order valence-corrected chi connectivity index (χ1v) is 5.99. The van der Waals surface area contributed by atoms with Crippen LogP contribution in [0.1, 0.15) is 29.9 Å². The number of rotatable bonds is 4. The second-order valence-electron chi connectivity index (χ2n) is 3.65. The van der Waals surface area contributed by atoms with Crippen molar-refractivity contribution in [1.82, 2.24) is 13.7 Å². The first kappa shape index (κ1) is 11.2. The minimum Gasteiger partial charge on any atom is -0.322 e. The van der Waals surface area contributed by atoms with Crippen LogP contribution in [0.15, 0.2) is 24.5 Å². The van der Waals surface area contributed by atoms with Gasteiger partial charge >= 0.3 is 0 Å². The van der Waals surface area contributed by atoms with Gasteiger partial charge in [0, 0.05) is 18.3 Å². The molecule has 0 aliphatic heterocycles. The summed E-state index contributed by atoms with van der Waals surface area (Å²) in [5.74, 6) is 0. The van der Waals surface area contributed by atoms with E-state index in [4.69, 9.17) is 5.73 Å². The quantitative estimate of drug-likeness (QED) is 0.875. The van der Waals surface area contributed by atoms with E-state index < -0.39 is 0 Å². The van der Waals surface area contributed by atoms with Crippen molar-refractivity contribution < 1.29 is 0 Å². The molecule has 2 aromatic rings.